The summed E-state index contributed by atoms with van der Waals surface area (Å²) in [6.07, 6.45) is 9.14. The lowest BCUT2D eigenvalue weighted by Crippen LogP contribution is -2.22. The van der Waals surface area contributed by atoms with E-state index in [2.05, 4.69) is 21.5 Å². The molecule has 0 amide bonds. The predicted molar refractivity (Wildman–Crippen MR) is 132 cm³/mol. The van der Waals surface area contributed by atoms with Crippen molar-refractivity contribution in [1.29, 1.82) is 0 Å². The molecule has 0 atom stereocenters. The minimum absolute atomic E-state index is 0.00648. The number of thioether (sulfide) groups is 1. The highest BCUT2D eigenvalue weighted by molar-refractivity contribution is 7.99. The standard InChI is InChI=1S/C24H28N4O2S2/c1-3-4-8-15-31-24-26-25-23-27(16-11-13-17(30-2)14-12-16)21(29)20-18-9-6-5-7-10-19(18)32-22(20)28(23)24/h11-14H,3-10,15H2,1-2H3. The molecule has 0 fully saturated rings. The number of hydrogen-bond acceptors (Lipinski definition) is 6. The van der Waals surface area contributed by atoms with Gasteiger partial charge in [-0.1, -0.05) is 37.9 Å². The van der Waals surface area contributed by atoms with Gasteiger partial charge in [0.05, 0.1) is 18.2 Å². The van der Waals surface area contributed by atoms with E-state index in [1.54, 1.807) is 34.8 Å². The van der Waals surface area contributed by atoms with E-state index in [0.717, 1.165) is 58.2 Å². The summed E-state index contributed by atoms with van der Waals surface area (Å²) < 4.78 is 9.16. The van der Waals surface area contributed by atoms with Gasteiger partial charge in [-0.25, -0.2) is 8.97 Å². The van der Waals surface area contributed by atoms with Crippen LogP contribution in [0.4, 0.5) is 0 Å². The maximum Gasteiger partial charge on any atom is 0.268 e. The molecule has 5 rings (SSSR count). The van der Waals surface area contributed by atoms with Gasteiger partial charge in [0.15, 0.2) is 5.16 Å². The second-order valence-electron chi connectivity index (χ2n) is 8.26. The molecule has 32 heavy (non-hydrogen) atoms. The topological polar surface area (TPSA) is 61.4 Å². The van der Waals surface area contributed by atoms with Crippen LogP contribution >= 0.6 is 23.1 Å². The summed E-state index contributed by atoms with van der Waals surface area (Å²) in [5, 5.41) is 10.8. The van der Waals surface area contributed by atoms with E-state index < -0.39 is 0 Å². The maximum atomic E-state index is 13.9. The average Bonchev–Trinajstić information content (AvgIpc) is 3.31. The van der Waals surface area contributed by atoms with Crippen molar-refractivity contribution < 1.29 is 4.74 Å². The molecular weight excluding hydrogens is 440 g/mol. The van der Waals surface area contributed by atoms with E-state index in [0.29, 0.717) is 5.78 Å². The van der Waals surface area contributed by atoms with Crippen LogP contribution in [0.15, 0.2) is 34.2 Å². The second kappa shape index (κ2) is 9.27. The molecule has 1 aromatic carbocycles. The largest absolute Gasteiger partial charge is 0.497 e. The molecule has 1 aliphatic carbocycles. The minimum Gasteiger partial charge on any atom is -0.497 e. The van der Waals surface area contributed by atoms with Gasteiger partial charge < -0.3 is 4.74 Å². The molecule has 4 aromatic rings. The number of thiophene rings is 1. The third-order valence-corrected chi connectivity index (χ3v) is 8.44. The Morgan fingerprint density at radius 1 is 1.09 bits per heavy atom. The number of ether oxygens (including phenoxy) is 1. The lowest BCUT2D eigenvalue weighted by Gasteiger charge is -2.11. The van der Waals surface area contributed by atoms with Gasteiger partial charge in [0.25, 0.3) is 5.56 Å². The molecule has 0 spiro atoms. The van der Waals surface area contributed by atoms with Crippen LogP contribution in [0.2, 0.25) is 0 Å². The van der Waals surface area contributed by atoms with Crippen LogP contribution in [-0.4, -0.2) is 32.0 Å². The minimum atomic E-state index is 0.00648. The van der Waals surface area contributed by atoms with Crippen LogP contribution in [0.3, 0.4) is 0 Å². The van der Waals surface area contributed by atoms with Gasteiger partial charge in [0.1, 0.15) is 10.6 Å². The Hall–Kier alpha value is -2.32. The number of aryl methyl sites for hydroxylation is 2. The van der Waals surface area contributed by atoms with Crippen LogP contribution in [0.5, 0.6) is 5.75 Å². The Bertz CT molecular complexity index is 1300. The first-order valence-electron chi connectivity index (χ1n) is 11.4. The highest BCUT2D eigenvalue weighted by Crippen LogP contribution is 2.36. The zero-order valence-corrected chi connectivity index (χ0v) is 20.2. The lowest BCUT2D eigenvalue weighted by molar-refractivity contribution is 0.414. The third kappa shape index (κ3) is 3.73. The number of benzene rings is 1. The van der Waals surface area contributed by atoms with Crippen LogP contribution in [0, 0.1) is 0 Å². The number of aromatic nitrogens is 4. The molecule has 0 bridgehead atoms. The number of hydrogen-bond donors (Lipinski definition) is 0. The fourth-order valence-corrected chi connectivity index (χ4v) is 6.84. The molecule has 0 unspecified atom stereocenters. The highest BCUT2D eigenvalue weighted by atomic mass is 32.2. The first kappa shape index (κ1) is 21.5. The predicted octanol–water partition coefficient (Wildman–Crippen LogP) is 5.65. The molecule has 0 N–H and O–H groups in total. The number of nitrogens with zero attached hydrogens (tertiary/aromatic N) is 4. The van der Waals surface area contributed by atoms with Gasteiger partial charge in [0, 0.05) is 10.6 Å². The van der Waals surface area contributed by atoms with E-state index in [-0.39, 0.29) is 5.56 Å². The van der Waals surface area contributed by atoms with E-state index in [4.69, 9.17) is 4.74 Å². The van der Waals surface area contributed by atoms with Crippen LogP contribution < -0.4 is 10.3 Å². The smallest absolute Gasteiger partial charge is 0.268 e. The van der Waals surface area contributed by atoms with Gasteiger partial charge in [-0.2, -0.15) is 0 Å². The Labute approximate surface area is 195 Å². The molecule has 0 saturated carbocycles. The third-order valence-electron chi connectivity index (χ3n) is 6.15. The molecule has 8 heteroatoms. The van der Waals surface area contributed by atoms with Gasteiger partial charge in [-0.3, -0.25) is 4.79 Å². The number of fused-ring (bicyclic) bond motifs is 5. The molecule has 0 radical (unpaired) electrons. The molecule has 6 nitrogen and oxygen atoms in total. The molecule has 3 heterocycles. The zero-order valence-electron chi connectivity index (χ0n) is 18.6. The normalized spacial score (nSPS) is 14.1. The summed E-state index contributed by atoms with van der Waals surface area (Å²) in [6, 6.07) is 7.60. The summed E-state index contributed by atoms with van der Waals surface area (Å²) in [4.78, 5) is 16.3. The molecule has 1 aliphatic rings. The van der Waals surface area contributed by atoms with Crippen molar-refractivity contribution in [2.75, 3.05) is 12.9 Å². The van der Waals surface area contributed by atoms with Crippen molar-refractivity contribution >= 4 is 39.1 Å². The Kier molecular flexibility index (Phi) is 6.24. The summed E-state index contributed by atoms with van der Waals surface area (Å²) in [7, 11) is 1.65. The van der Waals surface area contributed by atoms with Crippen molar-refractivity contribution in [1.82, 2.24) is 19.2 Å². The van der Waals surface area contributed by atoms with Crippen molar-refractivity contribution in [3.8, 4) is 11.4 Å². The van der Waals surface area contributed by atoms with Gasteiger partial charge in [-0.05, 0) is 61.9 Å². The summed E-state index contributed by atoms with van der Waals surface area (Å²) in [5.41, 5.74) is 2.03. The van der Waals surface area contributed by atoms with Crippen molar-refractivity contribution in [2.24, 2.45) is 0 Å². The lowest BCUT2D eigenvalue weighted by atomic mass is 10.1. The highest BCUT2D eigenvalue weighted by Gasteiger charge is 2.25. The summed E-state index contributed by atoms with van der Waals surface area (Å²) in [5.74, 6) is 2.35. The van der Waals surface area contributed by atoms with Crippen molar-refractivity contribution in [3.05, 3.63) is 45.1 Å². The second-order valence-corrected chi connectivity index (χ2v) is 10.4. The first-order chi connectivity index (χ1) is 15.7. The monoisotopic (exact) mass is 468 g/mol. The average molecular weight is 469 g/mol. The van der Waals surface area contributed by atoms with Gasteiger partial charge in [-0.15, -0.1) is 21.5 Å². The maximum absolute atomic E-state index is 13.9. The molecule has 3 aromatic heterocycles. The summed E-state index contributed by atoms with van der Waals surface area (Å²) >= 11 is 3.50. The summed E-state index contributed by atoms with van der Waals surface area (Å²) in [6.45, 7) is 2.22. The van der Waals surface area contributed by atoms with E-state index in [1.807, 2.05) is 24.3 Å². The van der Waals surface area contributed by atoms with Crippen LogP contribution in [0.25, 0.3) is 21.7 Å². The molecule has 0 aliphatic heterocycles. The number of unbranched alkanes of at least 4 members (excludes halogenated alkanes) is 2. The van der Waals surface area contributed by atoms with Crippen LogP contribution in [0.1, 0.15) is 55.9 Å². The number of rotatable bonds is 7. The van der Waals surface area contributed by atoms with Crippen LogP contribution in [-0.2, 0) is 12.8 Å². The fraction of sp³-hybridized carbons (Fsp3) is 0.458. The Morgan fingerprint density at radius 3 is 2.69 bits per heavy atom. The number of methoxy groups -OCH3 is 1. The van der Waals surface area contributed by atoms with Gasteiger partial charge >= 0.3 is 0 Å². The van der Waals surface area contributed by atoms with E-state index >= 15 is 0 Å². The van der Waals surface area contributed by atoms with E-state index in [1.165, 1.54) is 36.1 Å². The first-order valence-corrected chi connectivity index (χ1v) is 13.2. The zero-order chi connectivity index (χ0) is 22.1. The SMILES string of the molecule is CCCCCSc1nnc2n(-c3ccc(OC)cc3)c(=O)c3c4c(sc3n12)CCCCC4. The van der Waals surface area contributed by atoms with Crippen molar-refractivity contribution in [2.45, 2.75) is 63.4 Å². The molecule has 0 saturated heterocycles. The Balaban J connectivity index is 1.76. The Morgan fingerprint density at radius 2 is 1.91 bits per heavy atom. The quantitative estimate of drug-likeness (QED) is 0.199. The van der Waals surface area contributed by atoms with E-state index in [9.17, 15) is 4.79 Å². The fourth-order valence-electron chi connectivity index (χ4n) is 4.47. The van der Waals surface area contributed by atoms with Gasteiger partial charge in [0.2, 0.25) is 5.78 Å². The molecular formula is C24H28N4O2S2. The molecule has 168 valence electrons. The van der Waals surface area contributed by atoms with Crippen molar-refractivity contribution in [3.63, 3.8) is 0 Å².